The van der Waals surface area contributed by atoms with Gasteiger partial charge in [0.1, 0.15) is 11.8 Å². The number of nitrogens with zero attached hydrogens (tertiary/aromatic N) is 1. The molecule has 0 aromatic heterocycles. The minimum Gasteiger partial charge on any atom is -0.494 e. The van der Waals surface area contributed by atoms with Crippen LogP contribution in [-0.4, -0.2) is 41.6 Å². The maximum absolute atomic E-state index is 11.7. The van der Waals surface area contributed by atoms with Crippen molar-refractivity contribution in [3.05, 3.63) is 30.3 Å². The Morgan fingerprint density at radius 3 is 2.53 bits per heavy atom. The van der Waals surface area contributed by atoms with Gasteiger partial charge in [-0.2, -0.15) is 0 Å². The zero-order chi connectivity index (χ0) is 14.3. The van der Waals surface area contributed by atoms with Crippen LogP contribution in [0.15, 0.2) is 30.3 Å². The number of carboxylic acid groups (broad SMARTS) is 1. The lowest BCUT2D eigenvalue weighted by molar-refractivity contribution is -0.148. The number of carbonyl (C=O) groups excluding carboxylic acids is 1. The molecule has 104 valence electrons. The molecule has 1 aromatic rings. The van der Waals surface area contributed by atoms with E-state index in [9.17, 15) is 9.59 Å². The molecule has 0 saturated heterocycles. The summed E-state index contributed by atoms with van der Waals surface area (Å²) in [5.41, 5.74) is 0. The van der Waals surface area contributed by atoms with E-state index in [0.717, 1.165) is 5.75 Å². The fraction of sp³-hybridized carbons (Fsp3) is 0.429. The molecule has 0 saturated carbocycles. The molecule has 1 atom stereocenters. The number of hydrogen-bond donors (Lipinski definition) is 1. The molecule has 0 radical (unpaired) electrons. The molecule has 0 aliphatic heterocycles. The van der Waals surface area contributed by atoms with Gasteiger partial charge in [0.2, 0.25) is 5.91 Å². The first-order chi connectivity index (χ1) is 9.02. The van der Waals surface area contributed by atoms with Crippen LogP contribution < -0.4 is 4.74 Å². The number of amides is 1. The van der Waals surface area contributed by atoms with E-state index in [4.69, 9.17) is 9.84 Å². The molecular weight excluding hydrogens is 246 g/mol. The quantitative estimate of drug-likeness (QED) is 0.763. The van der Waals surface area contributed by atoms with Crippen molar-refractivity contribution in [2.75, 3.05) is 13.7 Å². The summed E-state index contributed by atoms with van der Waals surface area (Å²) in [6.07, 6.45) is 0.839. The van der Waals surface area contributed by atoms with Crippen molar-refractivity contribution in [1.82, 2.24) is 4.90 Å². The van der Waals surface area contributed by atoms with E-state index in [2.05, 4.69) is 0 Å². The monoisotopic (exact) mass is 265 g/mol. The highest BCUT2D eigenvalue weighted by molar-refractivity contribution is 5.83. The van der Waals surface area contributed by atoms with Crippen LogP contribution in [0.3, 0.4) is 0 Å². The van der Waals surface area contributed by atoms with Crippen LogP contribution in [0.2, 0.25) is 0 Å². The smallest absolute Gasteiger partial charge is 0.326 e. The Bertz CT molecular complexity index is 419. The van der Waals surface area contributed by atoms with Gasteiger partial charge in [0.25, 0.3) is 0 Å². The maximum atomic E-state index is 11.7. The third-order valence-electron chi connectivity index (χ3n) is 2.88. The molecule has 0 aliphatic rings. The number of benzene rings is 1. The van der Waals surface area contributed by atoms with Gasteiger partial charge in [0, 0.05) is 13.5 Å². The van der Waals surface area contributed by atoms with Gasteiger partial charge in [-0.25, -0.2) is 4.79 Å². The molecule has 0 fully saturated rings. The third kappa shape index (κ3) is 4.99. The molecule has 0 bridgehead atoms. The van der Waals surface area contributed by atoms with Crippen LogP contribution in [0, 0.1) is 0 Å². The summed E-state index contributed by atoms with van der Waals surface area (Å²) in [7, 11) is 1.50. The third-order valence-corrected chi connectivity index (χ3v) is 2.88. The first-order valence-corrected chi connectivity index (χ1v) is 6.18. The number of ether oxygens (including phenoxy) is 1. The summed E-state index contributed by atoms with van der Waals surface area (Å²) in [5.74, 6) is -0.426. The Morgan fingerprint density at radius 1 is 1.32 bits per heavy atom. The van der Waals surface area contributed by atoms with Crippen molar-refractivity contribution in [3.8, 4) is 5.75 Å². The van der Waals surface area contributed by atoms with Crippen molar-refractivity contribution in [3.63, 3.8) is 0 Å². The molecule has 1 unspecified atom stereocenters. The number of hydrogen-bond acceptors (Lipinski definition) is 3. The lowest BCUT2D eigenvalue weighted by atomic mass is 10.2. The Labute approximate surface area is 112 Å². The van der Waals surface area contributed by atoms with Gasteiger partial charge >= 0.3 is 5.97 Å². The van der Waals surface area contributed by atoms with Gasteiger partial charge in [-0.1, -0.05) is 18.2 Å². The Morgan fingerprint density at radius 2 is 1.95 bits per heavy atom. The predicted octanol–water partition coefficient (Wildman–Crippen LogP) is 1.78. The van der Waals surface area contributed by atoms with Gasteiger partial charge in [0.15, 0.2) is 0 Å². The van der Waals surface area contributed by atoms with Gasteiger partial charge in [-0.15, -0.1) is 0 Å². The molecule has 0 heterocycles. The second kappa shape index (κ2) is 7.41. The summed E-state index contributed by atoms with van der Waals surface area (Å²) in [6, 6.07) is 8.55. The second-order valence-corrected chi connectivity index (χ2v) is 4.28. The highest BCUT2D eigenvalue weighted by Crippen LogP contribution is 2.09. The Kier molecular flexibility index (Phi) is 5.85. The molecule has 1 amide bonds. The highest BCUT2D eigenvalue weighted by Gasteiger charge is 2.20. The molecule has 19 heavy (non-hydrogen) atoms. The molecule has 5 heteroatoms. The van der Waals surface area contributed by atoms with Gasteiger partial charge in [-0.3, -0.25) is 4.79 Å². The van der Waals surface area contributed by atoms with Crippen LogP contribution in [0.25, 0.3) is 0 Å². The molecule has 1 aromatic carbocycles. The number of para-hydroxylation sites is 1. The fourth-order valence-electron chi connectivity index (χ4n) is 1.49. The first-order valence-electron chi connectivity index (χ1n) is 6.18. The van der Waals surface area contributed by atoms with Gasteiger partial charge in [-0.05, 0) is 25.5 Å². The van der Waals surface area contributed by atoms with Crippen LogP contribution in [0.4, 0.5) is 0 Å². The molecule has 0 spiro atoms. The van der Waals surface area contributed by atoms with E-state index in [-0.39, 0.29) is 12.3 Å². The highest BCUT2D eigenvalue weighted by atomic mass is 16.5. The maximum Gasteiger partial charge on any atom is 0.326 e. The van der Waals surface area contributed by atoms with E-state index < -0.39 is 12.0 Å². The SMILES string of the molecule is CC(C(=O)O)N(C)C(=O)CCCOc1ccccc1. The van der Waals surface area contributed by atoms with Crippen molar-refractivity contribution >= 4 is 11.9 Å². The van der Waals surface area contributed by atoms with E-state index >= 15 is 0 Å². The predicted molar refractivity (Wildman–Crippen MR) is 71.0 cm³/mol. The van der Waals surface area contributed by atoms with E-state index in [1.54, 1.807) is 0 Å². The van der Waals surface area contributed by atoms with Crippen LogP contribution in [-0.2, 0) is 9.59 Å². The van der Waals surface area contributed by atoms with Crippen molar-refractivity contribution in [2.24, 2.45) is 0 Å². The molecule has 1 rings (SSSR count). The average molecular weight is 265 g/mol. The fourth-order valence-corrected chi connectivity index (χ4v) is 1.49. The van der Waals surface area contributed by atoms with Crippen molar-refractivity contribution in [1.29, 1.82) is 0 Å². The number of carbonyl (C=O) groups is 2. The molecule has 5 nitrogen and oxygen atoms in total. The molecular formula is C14H19NO4. The zero-order valence-electron chi connectivity index (χ0n) is 11.2. The largest absolute Gasteiger partial charge is 0.494 e. The normalized spacial score (nSPS) is 11.7. The second-order valence-electron chi connectivity index (χ2n) is 4.28. The number of rotatable bonds is 7. The van der Waals surface area contributed by atoms with Gasteiger partial charge < -0.3 is 14.7 Å². The lowest BCUT2D eigenvalue weighted by Gasteiger charge is -2.21. The zero-order valence-corrected chi connectivity index (χ0v) is 11.2. The Hall–Kier alpha value is -2.04. The van der Waals surface area contributed by atoms with E-state index in [0.29, 0.717) is 13.0 Å². The minimum absolute atomic E-state index is 0.188. The minimum atomic E-state index is -1.00. The van der Waals surface area contributed by atoms with Crippen molar-refractivity contribution < 1.29 is 19.4 Å². The molecule has 0 aliphatic carbocycles. The average Bonchev–Trinajstić information content (AvgIpc) is 2.42. The van der Waals surface area contributed by atoms with Crippen LogP contribution in [0.1, 0.15) is 19.8 Å². The van der Waals surface area contributed by atoms with Crippen LogP contribution >= 0.6 is 0 Å². The summed E-state index contributed by atoms with van der Waals surface area (Å²) < 4.78 is 5.46. The first kappa shape index (κ1) is 15.0. The summed E-state index contributed by atoms with van der Waals surface area (Å²) >= 11 is 0. The van der Waals surface area contributed by atoms with Gasteiger partial charge in [0.05, 0.1) is 6.61 Å². The summed E-state index contributed by atoms with van der Waals surface area (Å²) in [4.78, 5) is 23.7. The van der Waals surface area contributed by atoms with E-state index in [1.165, 1.54) is 18.9 Å². The summed E-state index contributed by atoms with van der Waals surface area (Å²) in [5, 5.41) is 8.80. The lowest BCUT2D eigenvalue weighted by Crippen LogP contribution is -2.40. The van der Waals surface area contributed by atoms with Crippen molar-refractivity contribution in [2.45, 2.75) is 25.8 Å². The number of likely N-dealkylation sites (N-methyl/N-ethyl adjacent to an activating group) is 1. The Balaban J connectivity index is 2.26. The topological polar surface area (TPSA) is 66.8 Å². The standard InChI is InChI=1S/C14H19NO4/c1-11(14(17)18)15(2)13(16)9-6-10-19-12-7-4-3-5-8-12/h3-5,7-8,11H,6,9-10H2,1-2H3,(H,17,18). The number of carboxylic acids is 1. The van der Waals surface area contributed by atoms with Crippen LogP contribution in [0.5, 0.6) is 5.75 Å². The molecule has 1 N–H and O–H groups in total. The number of aliphatic carboxylic acids is 1. The summed E-state index contributed by atoms with van der Waals surface area (Å²) in [6.45, 7) is 1.92. The van der Waals surface area contributed by atoms with E-state index in [1.807, 2.05) is 30.3 Å².